The molecule has 1 aliphatic heterocycles. The van der Waals surface area contributed by atoms with E-state index in [0.29, 0.717) is 6.42 Å². The first-order valence-corrected chi connectivity index (χ1v) is 4.86. The van der Waals surface area contributed by atoms with Crippen molar-refractivity contribution >= 4 is 5.97 Å². The molecular formula is C12H14O2. The van der Waals surface area contributed by atoms with Gasteiger partial charge in [-0.15, -0.1) is 0 Å². The van der Waals surface area contributed by atoms with Crippen LogP contribution in [0.2, 0.25) is 0 Å². The van der Waals surface area contributed by atoms with Crippen LogP contribution in [0.5, 0.6) is 0 Å². The molecule has 1 aliphatic rings. The Morgan fingerprint density at radius 2 is 1.93 bits per heavy atom. The lowest BCUT2D eigenvalue weighted by atomic mass is 9.85. The van der Waals surface area contributed by atoms with E-state index >= 15 is 0 Å². The summed E-state index contributed by atoms with van der Waals surface area (Å²) in [4.78, 5) is 11.2. The third-order valence-corrected chi connectivity index (χ3v) is 2.79. The second kappa shape index (κ2) is 3.12. The summed E-state index contributed by atoms with van der Waals surface area (Å²) in [6.07, 6.45) is 0.497. The van der Waals surface area contributed by atoms with E-state index in [0.717, 1.165) is 0 Å². The number of carbonyl (C=O) groups excluding carboxylic acids is 1. The standard InChI is InChI=1S/C12H14O2/c1-12(2)10(8-11(13)14-12)9-6-4-3-5-7-9/h3-7,10H,8H2,1-2H3. The minimum absolute atomic E-state index is 0.0937. The number of esters is 1. The van der Waals surface area contributed by atoms with Gasteiger partial charge in [0.15, 0.2) is 0 Å². The molecule has 2 nitrogen and oxygen atoms in total. The largest absolute Gasteiger partial charge is 0.459 e. The highest BCUT2D eigenvalue weighted by molar-refractivity contribution is 5.74. The number of hydrogen-bond donors (Lipinski definition) is 0. The maximum Gasteiger partial charge on any atom is 0.307 e. The zero-order chi connectivity index (χ0) is 10.2. The minimum Gasteiger partial charge on any atom is -0.459 e. The number of ether oxygens (including phenoxy) is 1. The van der Waals surface area contributed by atoms with Crippen molar-refractivity contribution in [2.24, 2.45) is 0 Å². The van der Waals surface area contributed by atoms with Crippen molar-refractivity contribution in [1.82, 2.24) is 0 Å². The van der Waals surface area contributed by atoms with Gasteiger partial charge in [0.05, 0.1) is 6.42 Å². The van der Waals surface area contributed by atoms with E-state index in [1.54, 1.807) is 0 Å². The Bertz CT molecular complexity index is 341. The van der Waals surface area contributed by atoms with Crippen molar-refractivity contribution in [3.8, 4) is 0 Å². The van der Waals surface area contributed by atoms with Gasteiger partial charge in [-0.3, -0.25) is 4.79 Å². The number of carbonyl (C=O) groups is 1. The van der Waals surface area contributed by atoms with Crippen LogP contribution in [0.15, 0.2) is 30.3 Å². The van der Waals surface area contributed by atoms with Crippen LogP contribution in [0.3, 0.4) is 0 Å². The predicted molar refractivity (Wildman–Crippen MR) is 54.0 cm³/mol. The van der Waals surface area contributed by atoms with Crippen LogP contribution in [-0.4, -0.2) is 11.6 Å². The van der Waals surface area contributed by atoms with Crippen molar-refractivity contribution in [1.29, 1.82) is 0 Å². The quantitative estimate of drug-likeness (QED) is 0.636. The summed E-state index contributed by atoms with van der Waals surface area (Å²) in [7, 11) is 0. The maximum absolute atomic E-state index is 11.2. The van der Waals surface area contributed by atoms with Gasteiger partial charge in [-0.1, -0.05) is 30.3 Å². The molecular weight excluding hydrogens is 176 g/mol. The molecule has 1 aromatic carbocycles. The number of hydrogen-bond acceptors (Lipinski definition) is 2. The molecule has 0 aromatic heterocycles. The molecule has 0 radical (unpaired) electrons. The molecule has 0 aliphatic carbocycles. The van der Waals surface area contributed by atoms with E-state index in [4.69, 9.17) is 4.74 Å². The highest BCUT2D eigenvalue weighted by Crippen LogP contribution is 2.39. The van der Waals surface area contributed by atoms with Crippen molar-refractivity contribution in [2.45, 2.75) is 31.8 Å². The average molecular weight is 190 g/mol. The van der Waals surface area contributed by atoms with Gasteiger partial charge in [0.25, 0.3) is 0 Å². The van der Waals surface area contributed by atoms with E-state index < -0.39 is 0 Å². The molecule has 0 bridgehead atoms. The molecule has 1 aromatic rings. The van der Waals surface area contributed by atoms with Crippen molar-refractivity contribution in [3.63, 3.8) is 0 Å². The molecule has 0 amide bonds. The van der Waals surface area contributed by atoms with Crippen LogP contribution in [0.1, 0.15) is 31.7 Å². The summed E-state index contributed by atoms with van der Waals surface area (Å²) in [5, 5.41) is 0. The Labute approximate surface area is 83.9 Å². The lowest BCUT2D eigenvalue weighted by Gasteiger charge is -2.24. The van der Waals surface area contributed by atoms with Crippen LogP contribution in [0.4, 0.5) is 0 Å². The van der Waals surface area contributed by atoms with Gasteiger partial charge in [-0.25, -0.2) is 0 Å². The molecule has 1 unspecified atom stereocenters. The van der Waals surface area contributed by atoms with Crippen LogP contribution in [0, 0.1) is 0 Å². The van der Waals surface area contributed by atoms with Crippen LogP contribution in [-0.2, 0) is 9.53 Å². The predicted octanol–water partition coefficient (Wildman–Crippen LogP) is 2.50. The molecule has 0 saturated carbocycles. The van der Waals surface area contributed by atoms with Gasteiger partial charge in [0, 0.05) is 5.92 Å². The van der Waals surface area contributed by atoms with Gasteiger partial charge in [0.1, 0.15) is 5.60 Å². The van der Waals surface area contributed by atoms with Crippen molar-refractivity contribution in [3.05, 3.63) is 35.9 Å². The topological polar surface area (TPSA) is 26.3 Å². The van der Waals surface area contributed by atoms with Crippen LogP contribution >= 0.6 is 0 Å². The average Bonchev–Trinajstić information content (AvgIpc) is 2.41. The number of rotatable bonds is 1. The first-order valence-electron chi connectivity index (χ1n) is 4.86. The molecule has 1 saturated heterocycles. The summed E-state index contributed by atoms with van der Waals surface area (Å²) in [6, 6.07) is 10.1. The van der Waals surface area contributed by atoms with E-state index in [9.17, 15) is 4.79 Å². The highest BCUT2D eigenvalue weighted by atomic mass is 16.6. The summed E-state index contributed by atoms with van der Waals surface area (Å²) in [5.74, 6) is 0.0973. The fourth-order valence-electron chi connectivity index (χ4n) is 2.02. The molecule has 14 heavy (non-hydrogen) atoms. The van der Waals surface area contributed by atoms with Gasteiger partial charge in [-0.2, -0.15) is 0 Å². The third-order valence-electron chi connectivity index (χ3n) is 2.79. The molecule has 2 rings (SSSR count). The zero-order valence-electron chi connectivity index (χ0n) is 8.49. The number of benzene rings is 1. The molecule has 1 atom stereocenters. The van der Waals surface area contributed by atoms with Crippen molar-refractivity contribution in [2.75, 3.05) is 0 Å². The first-order chi connectivity index (χ1) is 6.59. The van der Waals surface area contributed by atoms with Crippen LogP contribution in [0.25, 0.3) is 0 Å². The zero-order valence-corrected chi connectivity index (χ0v) is 8.49. The molecule has 74 valence electrons. The second-order valence-corrected chi connectivity index (χ2v) is 4.24. The third kappa shape index (κ3) is 1.52. The lowest BCUT2D eigenvalue weighted by molar-refractivity contribution is -0.146. The fraction of sp³-hybridized carbons (Fsp3) is 0.417. The van der Waals surface area contributed by atoms with Gasteiger partial charge in [-0.05, 0) is 19.4 Å². The maximum atomic E-state index is 11.2. The molecule has 2 heteroatoms. The summed E-state index contributed by atoms with van der Waals surface area (Å²) in [5.41, 5.74) is 0.821. The Hall–Kier alpha value is -1.31. The minimum atomic E-state index is -0.363. The van der Waals surface area contributed by atoms with Gasteiger partial charge >= 0.3 is 5.97 Å². The van der Waals surface area contributed by atoms with Crippen LogP contribution < -0.4 is 0 Å². The Kier molecular flexibility index (Phi) is 2.06. The SMILES string of the molecule is CC1(C)OC(=O)CC1c1ccccc1. The number of cyclic esters (lactones) is 1. The smallest absolute Gasteiger partial charge is 0.307 e. The van der Waals surface area contributed by atoms with Crippen molar-refractivity contribution < 1.29 is 9.53 Å². The fourth-order valence-corrected chi connectivity index (χ4v) is 2.02. The Balaban J connectivity index is 2.32. The van der Waals surface area contributed by atoms with Gasteiger partial charge in [0.2, 0.25) is 0 Å². The summed E-state index contributed by atoms with van der Waals surface area (Å²) < 4.78 is 5.28. The second-order valence-electron chi connectivity index (χ2n) is 4.24. The Morgan fingerprint density at radius 1 is 1.29 bits per heavy atom. The van der Waals surface area contributed by atoms with E-state index in [1.807, 2.05) is 44.2 Å². The molecule has 0 spiro atoms. The van der Waals surface area contributed by atoms with E-state index in [2.05, 4.69) is 0 Å². The Morgan fingerprint density at radius 3 is 2.43 bits per heavy atom. The molecule has 1 fully saturated rings. The first kappa shape index (κ1) is 9.25. The van der Waals surface area contributed by atoms with E-state index in [1.165, 1.54) is 5.56 Å². The highest BCUT2D eigenvalue weighted by Gasteiger charge is 2.42. The van der Waals surface area contributed by atoms with Gasteiger partial charge < -0.3 is 4.74 Å². The monoisotopic (exact) mass is 190 g/mol. The molecule has 0 N–H and O–H groups in total. The normalized spacial score (nSPS) is 24.7. The van der Waals surface area contributed by atoms with E-state index in [-0.39, 0.29) is 17.5 Å². The molecule has 1 heterocycles. The summed E-state index contributed by atoms with van der Waals surface area (Å²) in [6.45, 7) is 3.94. The lowest BCUT2D eigenvalue weighted by Crippen LogP contribution is -2.25. The summed E-state index contributed by atoms with van der Waals surface area (Å²) >= 11 is 0.